The SMILES string of the molecule is Cc1c(C(N)=O)cc(N)cc1C1CC1. The molecule has 3 heteroatoms. The van der Waals surface area contributed by atoms with Gasteiger partial charge in [-0.25, -0.2) is 0 Å². The molecule has 2 rings (SSSR count). The van der Waals surface area contributed by atoms with E-state index in [0.717, 1.165) is 5.56 Å². The summed E-state index contributed by atoms with van der Waals surface area (Å²) in [6.45, 7) is 1.94. The van der Waals surface area contributed by atoms with Crippen molar-refractivity contribution in [2.45, 2.75) is 25.7 Å². The second kappa shape index (κ2) is 3.01. The average Bonchev–Trinajstić information content (AvgIpc) is 2.91. The van der Waals surface area contributed by atoms with Crippen molar-refractivity contribution in [1.29, 1.82) is 0 Å². The molecule has 1 fully saturated rings. The van der Waals surface area contributed by atoms with Crippen LogP contribution in [-0.4, -0.2) is 5.91 Å². The van der Waals surface area contributed by atoms with Gasteiger partial charge in [-0.2, -0.15) is 0 Å². The summed E-state index contributed by atoms with van der Waals surface area (Å²) in [4.78, 5) is 11.1. The van der Waals surface area contributed by atoms with E-state index in [2.05, 4.69) is 0 Å². The molecular formula is C11H14N2O. The van der Waals surface area contributed by atoms with Crippen LogP contribution in [0.15, 0.2) is 12.1 Å². The fourth-order valence-electron chi connectivity index (χ4n) is 1.83. The minimum Gasteiger partial charge on any atom is -0.399 e. The van der Waals surface area contributed by atoms with Crippen molar-refractivity contribution in [3.05, 3.63) is 28.8 Å². The molecule has 4 N–H and O–H groups in total. The number of hydrogen-bond donors (Lipinski definition) is 2. The highest BCUT2D eigenvalue weighted by Gasteiger charge is 2.26. The second-order valence-electron chi connectivity index (χ2n) is 3.92. The van der Waals surface area contributed by atoms with Crippen LogP contribution >= 0.6 is 0 Å². The van der Waals surface area contributed by atoms with E-state index in [1.165, 1.54) is 18.4 Å². The first-order valence-electron chi connectivity index (χ1n) is 4.79. The van der Waals surface area contributed by atoms with Crippen molar-refractivity contribution >= 4 is 11.6 Å². The van der Waals surface area contributed by atoms with Gasteiger partial charge in [0.1, 0.15) is 0 Å². The van der Waals surface area contributed by atoms with Crippen LogP contribution < -0.4 is 11.5 Å². The van der Waals surface area contributed by atoms with Crippen LogP contribution in [0.1, 0.15) is 40.2 Å². The van der Waals surface area contributed by atoms with E-state index < -0.39 is 5.91 Å². The first-order chi connectivity index (χ1) is 6.59. The number of benzene rings is 1. The van der Waals surface area contributed by atoms with Gasteiger partial charge in [-0.1, -0.05) is 0 Å². The predicted molar refractivity (Wildman–Crippen MR) is 56.1 cm³/mol. The Balaban J connectivity index is 2.55. The van der Waals surface area contributed by atoms with Gasteiger partial charge in [-0.15, -0.1) is 0 Å². The Hall–Kier alpha value is -1.51. The van der Waals surface area contributed by atoms with Gasteiger partial charge in [0, 0.05) is 11.3 Å². The number of anilines is 1. The van der Waals surface area contributed by atoms with Gasteiger partial charge in [-0.05, 0) is 48.9 Å². The van der Waals surface area contributed by atoms with Crippen molar-refractivity contribution in [3.63, 3.8) is 0 Å². The van der Waals surface area contributed by atoms with Crippen molar-refractivity contribution < 1.29 is 4.79 Å². The number of rotatable bonds is 2. The fraction of sp³-hybridized carbons (Fsp3) is 0.364. The van der Waals surface area contributed by atoms with Crippen LogP contribution in [0.5, 0.6) is 0 Å². The van der Waals surface area contributed by atoms with Crippen molar-refractivity contribution in [2.75, 3.05) is 5.73 Å². The lowest BCUT2D eigenvalue weighted by molar-refractivity contribution is 0.0999. The molecule has 74 valence electrons. The summed E-state index contributed by atoms with van der Waals surface area (Å²) in [5.74, 6) is 0.202. The maximum Gasteiger partial charge on any atom is 0.249 e. The van der Waals surface area contributed by atoms with Crippen LogP contribution in [0.25, 0.3) is 0 Å². The molecule has 0 spiro atoms. The number of carbonyl (C=O) groups is 1. The highest BCUT2D eigenvalue weighted by atomic mass is 16.1. The van der Waals surface area contributed by atoms with Gasteiger partial charge in [0.25, 0.3) is 0 Å². The molecule has 1 aliphatic carbocycles. The molecule has 0 bridgehead atoms. The number of primary amides is 1. The summed E-state index contributed by atoms with van der Waals surface area (Å²) in [6.07, 6.45) is 2.39. The Morgan fingerprint density at radius 3 is 2.57 bits per heavy atom. The second-order valence-corrected chi connectivity index (χ2v) is 3.92. The molecule has 1 amide bonds. The number of hydrogen-bond acceptors (Lipinski definition) is 2. The highest BCUT2D eigenvalue weighted by Crippen LogP contribution is 2.42. The number of nitrogen functional groups attached to an aromatic ring is 1. The quantitative estimate of drug-likeness (QED) is 0.695. The molecule has 0 radical (unpaired) electrons. The normalized spacial score (nSPS) is 15.5. The first kappa shape index (κ1) is 9.06. The minimum atomic E-state index is -0.392. The lowest BCUT2D eigenvalue weighted by Gasteiger charge is -2.09. The van der Waals surface area contributed by atoms with Crippen LogP contribution in [0.4, 0.5) is 5.69 Å². The molecule has 0 heterocycles. The summed E-state index contributed by atoms with van der Waals surface area (Å²) in [7, 11) is 0. The monoisotopic (exact) mass is 190 g/mol. The lowest BCUT2D eigenvalue weighted by atomic mass is 9.97. The van der Waals surface area contributed by atoms with Crippen molar-refractivity contribution in [2.24, 2.45) is 5.73 Å². The third-order valence-corrected chi connectivity index (χ3v) is 2.75. The molecule has 1 aromatic rings. The van der Waals surface area contributed by atoms with Gasteiger partial charge < -0.3 is 11.5 Å². The summed E-state index contributed by atoms with van der Waals surface area (Å²) in [5.41, 5.74) is 14.4. The Bertz CT molecular complexity index is 395. The van der Waals surface area contributed by atoms with E-state index in [0.29, 0.717) is 17.2 Å². The third kappa shape index (κ3) is 1.45. The van der Waals surface area contributed by atoms with E-state index in [4.69, 9.17) is 11.5 Å². The summed E-state index contributed by atoms with van der Waals surface area (Å²) in [5, 5.41) is 0. The number of carbonyl (C=O) groups excluding carboxylic acids is 1. The molecule has 1 aliphatic rings. The molecule has 0 aliphatic heterocycles. The van der Waals surface area contributed by atoms with E-state index in [-0.39, 0.29) is 0 Å². The third-order valence-electron chi connectivity index (χ3n) is 2.75. The van der Waals surface area contributed by atoms with Gasteiger partial charge in [-0.3, -0.25) is 4.79 Å². The average molecular weight is 190 g/mol. The molecule has 0 unspecified atom stereocenters. The van der Waals surface area contributed by atoms with E-state index in [1.807, 2.05) is 13.0 Å². The largest absolute Gasteiger partial charge is 0.399 e. The van der Waals surface area contributed by atoms with Crippen LogP contribution in [0, 0.1) is 6.92 Å². The Morgan fingerprint density at radius 2 is 2.07 bits per heavy atom. The summed E-state index contributed by atoms with van der Waals surface area (Å²) < 4.78 is 0. The van der Waals surface area contributed by atoms with Crippen LogP contribution in [0.2, 0.25) is 0 Å². The molecule has 1 aromatic carbocycles. The standard InChI is InChI=1S/C11H14N2O/c1-6-9(7-2-3-7)4-8(12)5-10(6)11(13)14/h4-5,7H,2-3,12H2,1H3,(H2,13,14). The molecular weight excluding hydrogens is 176 g/mol. The maximum atomic E-state index is 11.1. The Morgan fingerprint density at radius 1 is 1.43 bits per heavy atom. The molecule has 0 saturated heterocycles. The number of amides is 1. The fourth-order valence-corrected chi connectivity index (χ4v) is 1.83. The Labute approximate surface area is 83.1 Å². The van der Waals surface area contributed by atoms with Crippen molar-refractivity contribution in [3.8, 4) is 0 Å². The zero-order valence-electron chi connectivity index (χ0n) is 8.21. The Kier molecular flexibility index (Phi) is 1.95. The number of nitrogens with two attached hydrogens (primary N) is 2. The van der Waals surface area contributed by atoms with Gasteiger partial charge in [0.2, 0.25) is 5.91 Å². The zero-order valence-corrected chi connectivity index (χ0v) is 8.21. The molecule has 0 atom stereocenters. The van der Waals surface area contributed by atoms with Crippen LogP contribution in [0.3, 0.4) is 0 Å². The van der Waals surface area contributed by atoms with E-state index in [1.54, 1.807) is 6.07 Å². The van der Waals surface area contributed by atoms with Gasteiger partial charge in [0.15, 0.2) is 0 Å². The zero-order chi connectivity index (χ0) is 10.3. The van der Waals surface area contributed by atoms with Gasteiger partial charge >= 0.3 is 0 Å². The van der Waals surface area contributed by atoms with E-state index >= 15 is 0 Å². The predicted octanol–water partition coefficient (Wildman–Crippen LogP) is 1.55. The van der Waals surface area contributed by atoms with Crippen LogP contribution in [-0.2, 0) is 0 Å². The molecule has 3 nitrogen and oxygen atoms in total. The molecule has 14 heavy (non-hydrogen) atoms. The maximum absolute atomic E-state index is 11.1. The summed E-state index contributed by atoms with van der Waals surface area (Å²) >= 11 is 0. The van der Waals surface area contributed by atoms with E-state index in [9.17, 15) is 4.79 Å². The van der Waals surface area contributed by atoms with Crippen molar-refractivity contribution in [1.82, 2.24) is 0 Å². The lowest BCUT2D eigenvalue weighted by Crippen LogP contribution is -2.14. The van der Waals surface area contributed by atoms with Gasteiger partial charge in [0.05, 0.1) is 0 Å². The minimum absolute atomic E-state index is 0.392. The summed E-state index contributed by atoms with van der Waals surface area (Å²) in [6, 6.07) is 3.61. The molecule has 1 saturated carbocycles. The molecule has 0 aromatic heterocycles. The smallest absolute Gasteiger partial charge is 0.249 e. The first-order valence-corrected chi connectivity index (χ1v) is 4.79. The highest BCUT2D eigenvalue weighted by molar-refractivity contribution is 5.95. The topological polar surface area (TPSA) is 69.1 Å².